The van der Waals surface area contributed by atoms with Gasteiger partial charge in [0.1, 0.15) is 24.9 Å². The Hall–Kier alpha value is -2.83. The highest BCUT2D eigenvalue weighted by Crippen LogP contribution is 2.24. The molecule has 0 atom stereocenters. The number of ether oxygens (including phenoxy) is 2. The molecule has 0 amide bonds. The molecule has 0 unspecified atom stereocenters. The normalized spacial score (nSPS) is 14.6. The Kier molecular flexibility index (Phi) is 2.69. The van der Waals surface area contributed by atoms with E-state index in [-0.39, 0.29) is 12.1 Å². The van der Waals surface area contributed by atoms with E-state index in [9.17, 15) is 9.18 Å². The number of hydrogen-bond donors (Lipinski definition) is 0. The lowest BCUT2D eigenvalue weighted by atomic mass is 10.1. The second-order valence-electron chi connectivity index (χ2n) is 5.08. The van der Waals surface area contributed by atoms with Crippen LogP contribution >= 0.6 is 0 Å². The highest BCUT2D eigenvalue weighted by Gasteiger charge is 2.19. The highest BCUT2D eigenvalue weighted by atomic mass is 19.1. The van der Waals surface area contributed by atoms with Crippen LogP contribution < -0.4 is 5.56 Å². The molecule has 0 N–H and O–H groups in total. The molecule has 1 aliphatic rings. The van der Waals surface area contributed by atoms with Gasteiger partial charge >= 0.3 is 0 Å². The predicted molar refractivity (Wildman–Crippen MR) is 77.5 cm³/mol. The van der Waals surface area contributed by atoms with E-state index in [1.807, 2.05) is 0 Å². The lowest BCUT2D eigenvalue weighted by Gasteiger charge is -2.15. The topological polar surface area (TPSA) is 58.3 Å². The zero-order valence-electron chi connectivity index (χ0n) is 11.7. The molecule has 0 saturated heterocycles. The quantitative estimate of drug-likeness (QED) is 0.725. The molecule has 112 valence electrons. The fourth-order valence-corrected chi connectivity index (χ4v) is 2.78. The van der Waals surface area contributed by atoms with E-state index in [2.05, 4.69) is 5.10 Å². The van der Waals surface area contributed by atoms with Crippen molar-refractivity contribution in [2.24, 2.45) is 7.05 Å². The van der Waals surface area contributed by atoms with E-state index < -0.39 is 12.1 Å². The fraction of sp³-hybridized carbons (Fsp3) is 0.200. The Bertz CT molecular complexity index is 965. The fourth-order valence-electron chi connectivity index (χ4n) is 2.78. The molecule has 4 rings (SSSR count). The summed E-state index contributed by atoms with van der Waals surface area (Å²) in [4.78, 5) is 12.7. The predicted octanol–water partition coefficient (Wildman–Crippen LogP) is 1.87. The summed E-state index contributed by atoms with van der Waals surface area (Å²) in [5, 5.41) is 5.37. The maximum absolute atomic E-state index is 13.7. The Morgan fingerprint density at radius 2 is 2.05 bits per heavy atom. The third-order valence-electron chi connectivity index (χ3n) is 3.77. The molecule has 0 aliphatic carbocycles. The van der Waals surface area contributed by atoms with E-state index >= 15 is 0 Å². The zero-order chi connectivity index (χ0) is 15.3. The molecule has 1 aliphatic heterocycles. The first kappa shape index (κ1) is 12.9. The van der Waals surface area contributed by atoms with Gasteiger partial charge in [-0.15, -0.1) is 0 Å². The van der Waals surface area contributed by atoms with E-state index in [1.54, 1.807) is 17.8 Å². The lowest BCUT2D eigenvalue weighted by Crippen LogP contribution is -2.27. The van der Waals surface area contributed by atoms with Crippen molar-refractivity contribution in [1.82, 2.24) is 14.3 Å². The van der Waals surface area contributed by atoms with Gasteiger partial charge in [-0.2, -0.15) is 5.10 Å². The van der Waals surface area contributed by atoms with Gasteiger partial charge in [0.15, 0.2) is 0 Å². The van der Waals surface area contributed by atoms with E-state index in [0.717, 1.165) is 5.39 Å². The molecule has 22 heavy (non-hydrogen) atoms. The maximum atomic E-state index is 13.7. The number of pyridine rings is 1. The molecule has 0 spiro atoms. The van der Waals surface area contributed by atoms with Crippen LogP contribution in [-0.2, 0) is 23.1 Å². The molecule has 0 saturated carbocycles. The van der Waals surface area contributed by atoms with Gasteiger partial charge in [-0.25, -0.2) is 4.39 Å². The number of hydrogen-bond acceptors (Lipinski definition) is 4. The summed E-state index contributed by atoms with van der Waals surface area (Å²) in [7, 11) is 1.75. The van der Waals surface area contributed by atoms with Crippen LogP contribution in [-0.4, -0.2) is 20.6 Å². The van der Waals surface area contributed by atoms with Gasteiger partial charge in [-0.3, -0.25) is 14.0 Å². The summed E-state index contributed by atoms with van der Waals surface area (Å²) in [6, 6.07) is 4.36. The Balaban J connectivity index is 2.05. The van der Waals surface area contributed by atoms with Gasteiger partial charge in [0.2, 0.25) is 0 Å². The van der Waals surface area contributed by atoms with Crippen LogP contribution in [0.3, 0.4) is 0 Å². The molecular formula is C15H12FN3O3. The van der Waals surface area contributed by atoms with Crippen molar-refractivity contribution in [2.45, 2.75) is 12.8 Å². The van der Waals surface area contributed by atoms with Gasteiger partial charge in [0.05, 0.1) is 22.6 Å². The van der Waals surface area contributed by atoms with Crippen molar-refractivity contribution >= 4 is 21.8 Å². The van der Waals surface area contributed by atoms with Crippen molar-refractivity contribution in [3.63, 3.8) is 0 Å². The van der Waals surface area contributed by atoms with Crippen LogP contribution in [0.4, 0.5) is 4.39 Å². The summed E-state index contributed by atoms with van der Waals surface area (Å²) in [6.07, 6.45) is 3.76. The number of halogens is 1. The third kappa shape index (κ3) is 1.78. The van der Waals surface area contributed by atoms with Crippen molar-refractivity contribution in [1.29, 1.82) is 0 Å². The lowest BCUT2D eigenvalue weighted by molar-refractivity contribution is -0.0339. The number of benzene rings is 1. The van der Waals surface area contributed by atoms with E-state index in [4.69, 9.17) is 9.47 Å². The SMILES string of the molecule is Cn1ncc2c(=O)n(CC3OC=CO3)c3cc(F)ccc3c21. The molecule has 7 heteroatoms. The van der Waals surface area contributed by atoms with Gasteiger partial charge in [-0.1, -0.05) is 0 Å². The van der Waals surface area contributed by atoms with Gasteiger partial charge in [-0.05, 0) is 18.2 Å². The number of aryl methyl sites for hydroxylation is 1. The number of nitrogens with zero attached hydrogens (tertiary/aromatic N) is 3. The first-order valence-electron chi connectivity index (χ1n) is 6.75. The minimum absolute atomic E-state index is 0.163. The van der Waals surface area contributed by atoms with Crippen LogP contribution in [0, 0.1) is 5.82 Å². The second kappa shape index (κ2) is 4.59. The van der Waals surface area contributed by atoms with Gasteiger partial charge < -0.3 is 9.47 Å². The average molecular weight is 301 g/mol. The summed E-state index contributed by atoms with van der Waals surface area (Å²) in [6.45, 7) is 0.163. The Morgan fingerprint density at radius 1 is 1.27 bits per heavy atom. The van der Waals surface area contributed by atoms with Crippen molar-refractivity contribution in [3.8, 4) is 0 Å². The number of fused-ring (bicyclic) bond motifs is 3. The minimum Gasteiger partial charge on any atom is -0.457 e. The van der Waals surface area contributed by atoms with Crippen LogP contribution in [0.1, 0.15) is 0 Å². The van der Waals surface area contributed by atoms with Crippen molar-refractivity contribution < 1.29 is 13.9 Å². The molecule has 1 aromatic carbocycles. The molecule has 0 bridgehead atoms. The van der Waals surface area contributed by atoms with Crippen LogP contribution in [0.15, 0.2) is 41.7 Å². The second-order valence-corrected chi connectivity index (χ2v) is 5.08. The standard InChI is InChI=1S/C15H12FN3O3/c1-18-14-10-3-2-9(16)6-12(10)19(8-13-21-4-5-22-13)15(20)11(14)7-17-18/h2-7,13H,8H2,1H3. The molecule has 6 nitrogen and oxygen atoms in total. The van der Waals surface area contributed by atoms with E-state index in [0.29, 0.717) is 16.4 Å². The number of rotatable bonds is 2. The summed E-state index contributed by atoms with van der Waals surface area (Å²) in [5.41, 5.74) is 0.920. The Morgan fingerprint density at radius 3 is 2.82 bits per heavy atom. The highest BCUT2D eigenvalue weighted by molar-refractivity contribution is 6.03. The smallest absolute Gasteiger partial charge is 0.262 e. The molecule has 2 aromatic heterocycles. The molecular weight excluding hydrogens is 289 g/mol. The van der Waals surface area contributed by atoms with E-state index in [1.165, 1.54) is 35.4 Å². The van der Waals surface area contributed by atoms with Crippen LogP contribution in [0.5, 0.6) is 0 Å². The Labute approximate surface area is 124 Å². The summed E-state index contributed by atoms with van der Waals surface area (Å²) in [5.74, 6) is -0.409. The number of aromatic nitrogens is 3. The van der Waals surface area contributed by atoms with Crippen molar-refractivity contribution in [2.75, 3.05) is 0 Å². The minimum atomic E-state index is -0.599. The molecule has 3 aromatic rings. The molecule has 0 radical (unpaired) electrons. The largest absolute Gasteiger partial charge is 0.457 e. The zero-order valence-corrected chi connectivity index (χ0v) is 11.7. The van der Waals surface area contributed by atoms with Gasteiger partial charge in [0, 0.05) is 12.4 Å². The van der Waals surface area contributed by atoms with Gasteiger partial charge in [0.25, 0.3) is 11.8 Å². The molecule has 0 fully saturated rings. The third-order valence-corrected chi connectivity index (χ3v) is 3.77. The average Bonchev–Trinajstić information content (AvgIpc) is 3.13. The summed E-state index contributed by atoms with van der Waals surface area (Å²) >= 11 is 0. The first-order chi connectivity index (χ1) is 10.6. The van der Waals surface area contributed by atoms with Crippen LogP contribution in [0.2, 0.25) is 0 Å². The molecule has 3 heterocycles. The van der Waals surface area contributed by atoms with Crippen LogP contribution in [0.25, 0.3) is 21.8 Å². The monoisotopic (exact) mass is 301 g/mol. The first-order valence-corrected chi connectivity index (χ1v) is 6.75. The summed E-state index contributed by atoms with van der Waals surface area (Å²) < 4.78 is 27.2. The maximum Gasteiger partial charge on any atom is 0.262 e. The van der Waals surface area contributed by atoms with Crippen molar-refractivity contribution in [3.05, 3.63) is 53.1 Å².